The minimum absolute atomic E-state index is 0. The van der Waals surface area contributed by atoms with Crippen LogP contribution in [0, 0.1) is 19.0 Å². The number of hydrogen-bond donors (Lipinski definition) is 0. The summed E-state index contributed by atoms with van der Waals surface area (Å²) in [4.78, 5) is 4.61. The molecule has 94 heavy (non-hydrogen) atoms. The molecule has 1 aliphatic heterocycles. The number of benzene rings is 12. The van der Waals surface area contributed by atoms with Gasteiger partial charge in [-0.3, -0.25) is 0 Å². The molecule has 5 nitrogen and oxygen atoms in total. The Balaban J connectivity index is 0.0000119. The molecule has 7 heteroatoms. The molecule has 0 spiro atoms. The molecule has 0 atom stereocenters. The first-order valence-corrected chi connectivity index (χ1v) is 31.8. The SMILES string of the molecule is [2H]c1c([2H])c([2H])c(-c2cc3c4c(c2)n(-c2[c-]c(Oc5[c-]c6c(cc5)c5ccccc5n6-c5cc(C([2H])([2H])[2H])ccn5)ccc2)c[n+]4-c2c(-c4cc(C(C)(C)C)cc(C(C)(C)C)c4)cccc2-c2c([2H])c([Si](c4c([2H])c([2H])c([2H])c([2H])c4[2H])(c4c([2H])c([2H])c([2H])c([2H])c4[2H])c4c([2H])c([2H])c([2H])c([2H])c4[2H])c([2H])c([2H])c2-c2c([2H])c([2H])c([2H])c([2H])c2-3)c([2H])c1[2H].[Pt]. The maximum Gasteiger partial charge on any atom is 0.253 e. The van der Waals surface area contributed by atoms with Crippen LogP contribution < -0.4 is 30.1 Å². The van der Waals surface area contributed by atoms with E-state index in [9.17, 15) is 28.8 Å². The molecule has 4 heterocycles. The summed E-state index contributed by atoms with van der Waals surface area (Å²) in [6.07, 6.45) is 2.94. The normalized spacial score (nSPS) is 16.7. The Labute approximate surface area is 608 Å². The molecule has 1 aliphatic rings. The van der Waals surface area contributed by atoms with Crippen molar-refractivity contribution in [3.8, 4) is 84.3 Å². The smallest absolute Gasteiger partial charge is 0.253 e. The van der Waals surface area contributed by atoms with Crippen LogP contribution in [0.1, 0.15) is 99.4 Å². The van der Waals surface area contributed by atoms with Crippen LogP contribution in [0.2, 0.25) is 0 Å². The second-order valence-electron chi connectivity index (χ2n) is 24.6. The van der Waals surface area contributed by atoms with Crippen molar-refractivity contribution in [1.82, 2.24) is 14.1 Å². The number of para-hydroxylation sites is 2. The predicted octanol–water partition coefficient (Wildman–Crippen LogP) is 18.7. The third kappa shape index (κ3) is 10.3. The van der Waals surface area contributed by atoms with Gasteiger partial charge in [0.05, 0.1) is 37.0 Å². The van der Waals surface area contributed by atoms with Gasteiger partial charge in [0.15, 0.2) is 19.1 Å². The Morgan fingerprint density at radius 1 is 0.479 bits per heavy atom. The Morgan fingerprint density at radius 3 is 1.76 bits per heavy atom. The van der Waals surface area contributed by atoms with Crippen molar-refractivity contribution >= 4 is 61.7 Å². The van der Waals surface area contributed by atoms with E-state index in [4.69, 9.17) is 17.1 Å². The third-order valence-electron chi connectivity index (χ3n) is 16.9. The molecule has 0 aliphatic carbocycles. The van der Waals surface area contributed by atoms with Gasteiger partial charge in [-0.15, -0.1) is 29.7 Å². The Kier molecular flexibility index (Phi) is 8.87. The van der Waals surface area contributed by atoms with Crippen LogP contribution in [0.4, 0.5) is 0 Å². The average Bonchev–Trinajstić information content (AvgIpc) is 0.893. The van der Waals surface area contributed by atoms with Crippen LogP contribution in [-0.2, 0) is 31.9 Å². The zero-order chi connectivity index (χ0) is 89.2. The summed E-state index contributed by atoms with van der Waals surface area (Å²) >= 11 is 0. The van der Waals surface area contributed by atoms with Crippen LogP contribution in [-0.4, -0.2) is 22.2 Å². The standard InChI is InChI=1S/C87H69N4OSi.Pt/c1-58-46-47-88-83(48-58)91-80-41-23-22-38-75(80)76-44-42-66(55-81(76)91)92-65-29-24-28-64(54-65)89-57-90-84-71(61-49-62(86(2,3)4)53-63(50-61)87(5,6)7)39-25-40-77(84)78-56-70(93(67-30-14-9-15-31-67,68-32-16-10-17-33-68)69-34-18-11-19-35-69)43-45-74(78)72-36-20-21-37-73(72)79-51-60(52-82(89)85(79)90)59-26-12-8-13-27-59;/h8-53,56-57H,1-7H3;/q-1;/i1D3,8D,9D,10D,11D,12D,13D,14D,15D,16D,17D,18D,19D,20D,21D,26D,27D,30D,31D,32D,33D,34D,35D,36D,37D,43D,45D,56D;. The first-order chi connectivity index (χ1) is 57.7. The molecule has 458 valence electrons. The number of rotatable bonds is 10. The zero-order valence-corrected chi connectivity index (χ0v) is 54.4. The van der Waals surface area contributed by atoms with Gasteiger partial charge in [-0.05, 0) is 130 Å². The molecule has 0 saturated heterocycles. The molecular formula is C87H69N4OPtSi-. The summed E-state index contributed by atoms with van der Waals surface area (Å²) in [6, 6.07) is 10.1. The molecule has 0 unspecified atom stereocenters. The molecule has 16 rings (SSSR count). The van der Waals surface area contributed by atoms with Crippen LogP contribution in [0.25, 0.3) is 106 Å². The first kappa shape index (κ1) is 35.2. The van der Waals surface area contributed by atoms with E-state index < -0.39 is 237 Å². The molecular weight excluding hydrogens is 1340 g/mol. The van der Waals surface area contributed by atoms with E-state index in [1.165, 1.54) is 36.5 Å². The number of fused-ring (bicyclic) bond motifs is 10. The molecule has 0 radical (unpaired) electrons. The summed E-state index contributed by atoms with van der Waals surface area (Å²) in [5.74, 6) is 0.410. The van der Waals surface area contributed by atoms with Gasteiger partial charge in [-0.2, -0.15) is 16.7 Å². The number of aryl methyl sites for hydroxylation is 1. The molecule has 12 aromatic carbocycles. The van der Waals surface area contributed by atoms with E-state index in [2.05, 4.69) is 17.1 Å². The number of ether oxygens (including phenoxy) is 1. The van der Waals surface area contributed by atoms with Gasteiger partial charge in [0.1, 0.15) is 11.5 Å². The van der Waals surface area contributed by atoms with Crippen molar-refractivity contribution in [3.63, 3.8) is 0 Å². The maximum atomic E-state index is 11.7. The fourth-order valence-corrected chi connectivity index (χ4v) is 16.0. The number of aromatic nitrogens is 4. The Hall–Kier alpha value is -10.2. The summed E-state index contributed by atoms with van der Waals surface area (Å²) in [7, 11) is -6.61. The maximum absolute atomic E-state index is 11.7. The van der Waals surface area contributed by atoms with Gasteiger partial charge in [-0.25, -0.2) is 9.55 Å². The van der Waals surface area contributed by atoms with E-state index >= 15 is 0 Å². The number of nitrogens with zero attached hydrogens (tertiary/aromatic N) is 4. The fraction of sp³-hybridized carbons (Fsp3) is 0.103. The summed E-state index contributed by atoms with van der Waals surface area (Å²) in [5.41, 5.74) is -1.29. The molecule has 0 N–H and O–H groups in total. The molecule has 0 saturated carbocycles. The Bertz CT molecular complexity index is 6910. The minimum Gasteiger partial charge on any atom is -0.509 e. The Morgan fingerprint density at radius 2 is 1.09 bits per heavy atom. The van der Waals surface area contributed by atoms with Crippen molar-refractivity contribution in [2.45, 2.75) is 59.2 Å². The second kappa shape index (κ2) is 23.7. The van der Waals surface area contributed by atoms with Crippen molar-refractivity contribution in [1.29, 1.82) is 0 Å². The van der Waals surface area contributed by atoms with Crippen molar-refractivity contribution in [2.24, 2.45) is 0 Å². The van der Waals surface area contributed by atoms with E-state index in [-0.39, 0.29) is 88.6 Å². The van der Waals surface area contributed by atoms with E-state index in [0.29, 0.717) is 22.0 Å². The molecule has 3 aromatic heterocycles. The summed E-state index contributed by atoms with van der Waals surface area (Å²) in [6.45, 7) is 9.48. The zero-order valence-electron chi connectivity index (χ0n) is 81.1. The molecule has 0 amide bonds. The largest absolute Gasteiger partial charge is 0.509 e. The monoisotopic (exact) mass is 1440 g/mol. The third-order valence-corrected chi connectivity index (χ3v) is 20.9. The fourth-order valence-electron chi connectivity index (χ4n) is 12.5. The van der Waals surface area contributed by atoms with Gasteiger partial charge in [0.25, 0.3) is 6.33 Å². The minimum atomic E-state index is -6.61. The predicted molar refractivity (Wildman–Crippen MR) is 388 cm³/mol. The van der Waals surface area contributed by atoms with E-state index in [1.807, 2.05) is 84.0 Å². The van der Waals surface area contributed by atoms with Crippen molar-refractivity contribution in [2.75, 3.05) is 0 Å². The average molecular weight is 1440 g/mol. The molecule has 0 bridgehead atoms. The summed E-state index contributed by atoms with van der Waals surface area (Å²) < 4.78 is 301. The van der Waals surface area contributed by atoms with Gasteiger partial charge in [0.2, 0.25) is 0 Å². The van der Waals surface area contributed by atoms with Gasteiger partial charge in [-0.1, -0.05) is 271 Å². The van der Waals surface area contributed by atoms with Gasteiger partial charge < -0.3 is 9.30 Å². The van der Waals surface area contributed by atoms with E-state index in [0.717, 1.165) is 16.5 Å². The first-order valence-electron chi connectivity index (χ1n) is 44.8. The van der Waals surface area contributed by atoms with Crippen LogP contribution >= 0.6 is 0 Å². The number of imidazole rings is 1. The van der Waals surface area contributed by atoms with Crippen molar-refractivity contribution < 1.29 is 71.5 Å². The van der Waals surface area contributed by atoms with Crippen molar-refractivity contribution in [3.05, 3.63) is 320 Å². The summed E-state index contributed by atoms with van der Waals surface area (Å²) in [5, 5.41) is -2.89. The quantitative estimate of drug-likeness (QED) is 0.0592. The number of hydrogen-bond acceptors (Lipinski definition) is 2. The molecule has 0 fully saturated rings. The number of pyridine rings is 1. The topological polar surface area (TPSA) is 35.9 Å². The second-order valence-corrected chi connectivity index (χ2v) is 28.1. The van der Waals surface area contributed by atoms with Gasteiger partial charge >= 0.3 is 0 Å². The van der Waals surface area contributed by atoms with Gasteiger partial charge in [0, 0.05) is 70.8 Å². The van der Waals surface area contributed by atoms with Crippen LogP contribution in [0.15, 0.2) is 291 Å². The van der Waals surface area contributed by atoms with Crippen LogP contribution in [0.3, 0.4) is 0 Å². The molecule has 15 aromatic rings. The van der Waals surface area contributed by atoms with E-state index in [1.54, 1.807) is 62.5 Å². The van der Waals surface area contributed by atoms with Crippen LogP contribution in [0.5, 0.6) is 11.5 Å².